The number of carbonyl (C=O) groups excluding carboxylic acids is 2. The van der Waals surface area contributed by atoms with E-state index in [1.165, 1.54) is 161 Å². The van der Waals surface area contributed by atoms with E-state index < -0.39 is 26.5 Å². The van der Waals surface area contributed by atoms with Crippen LogP contribution in [0.5, 0.6) is 0 Å². The second-order valence-electron chi connectivity index (χ2n) is 23.8. The standard InChI is InChI=1S/C72H128NO8P/c1-6-8-10-12-14-16-18-20-22-24-26-28-30-32-33-34-35-36-37-38-39-41-42-44-46-48-50-52-54-56-58-60-62-64-71(74)78-68-70(69-80-82(76,77)79-67-66-73(3,4)5)81-72(75)65-63-61-59-57-55-53-51-49-47-45-43-40-31-29-27-25-23-21-19-17-15-13-11-9-7-2/h9,11,15,17-18,20-21,23-24,26-27,29,40,43,47,49,70H,6-8,10,12-14,16,19,22,25,28,30-39,41-42,44-46,48,50-69H2,1-5H3/b11-9-,17-15-,20-18-,23-21-,26-24-,29-27-,43-40-,49-47-. The molecule has 0 saturated heterocycles. The molecule has 0 heterocycles. The first-order valence-corrected chi connectivity index (χ1v) is 35.4. The van der Waals surface area contributed by atoms with E-state index in [0.29, 0.717) is 17.4 Å². The fourth-order valence-electron chi connectivity index (χ4n) is 9.40. The Morgan fingerprint density at radius 1 is 0.390 bits per heavy atom. The summed E-state index contributed by atoms with van der Waals surface area (Å²) in [6.45, 7) is 4.12. The van der Waals surface area contributed by atoms with Crippen LogP contribution in [0.25, 0.3) is 0 Å². The Morgan fingerprint density at radius 2 is 0.695 bits per heavy atom. The molecule has 0 amide bonds. The summed E-state index contributed by atoms with van der Waals surface area (Å²) in [7, 11) is 1.15. The number of hydrogen-bond donors (Lipinski definition) is 0. The molecule has 0 aromatic heterocycles. The highest BCUT2D eigenvalue weighted by molar-refractivity contribution is 7.45. The Morgan fingerprint density at radius 3 is 1.04 bits per heavy atom. The molecule has 9 nitrogen and oxygen atoms in total. The minimum absolute atomic E-state index is 0.0374. The third-order valence-electron chi connectivity index (χ3n) is 14.6. The number of carbonyl (C=O) groups is 2. The van der Waals surface area contributed by atoms with Gasteiger partial charge in [0.25, 0.3) is 7.82 Å². The first-order chi connectivity index (χ1) is 40.0. The summed E-state index contributed by atoms with van der Waals surface area (Å²) in [5, 5.41) is 0. The maximum Gasteiger partial charge on any atom is 0.306 e. The zero-order chi connectivity index (χ0) is 59.8. The van der Waals surface area contributed by atoms with Gasteiger partial charge in [0.15, 0.2) is 6.10 Å². The molecule has 0 aliphatic heterocycles. The molecule has 0 fully saturated rings. The molecule has 0 bridgehead atoms. The van der Waals surface area contributed by atoms with Gasteiger partial charge >= 0.3 is 11.9 Å². The Labute approximate surface area is 506 Å². The van der Waals surface area contributed by atoms with Gasteiger partial charge in [-0.15, -0.1) is 0 Å². The third kappa shape index (κ3) is 66.1. The van der Waals surface area contributed by atoms with Crippen molar-refractivity contribution in [2.24, 2.45) is 0 Å². The Bertz CT molecular complexity index is 1710. The van der Waals surface area contributed by atoms with Crippen molar-refractivity contribution in [2.75, 3.05) is 47.5 Å². The van der Waals surface area contributed by atoms with Gasteiger partial charge in [-0.2, -0.15) is 0 Å². The predicted octanol–water partition coefficient (Wildman–Crippen LogP) is 21.3. The SMILES string of the molecule is CC/C=C\C/C=C\C/C=C\C/C=C\C/C=C\C/C=C\CCCCCCCCC(=O)OC(COC(=O)CCCCCCCCCCCCCCCCCCCCCCC/C=C\C/C=C\CCCCCCC)COP(=O)([O-])OCC[N+](C)(C)C. The quantitative estimate of drug-likeness (QED) is 0.0195. The van der Waals surface area contributed by atoms with Crippen molar-refractivity contribution in [1.82, 2.24) is 0 Å². The zero-order valence-electron chi connectivity index (χ0n) is 53.9. The molecule has 0 spiro atoms. The van der Waals surface area contributed by atoms with Crippen LogP contribution in [0.4, 0.5) is 0 Å². The van der Waals surface area contributed by atoms with Gasteiger partial charge in [0.1, 0.15) is 19.8 Å². The summed E-state index contributed by atoms with van der Waals surface area (Å²) in [6, 6.07) is 0. The smallest absolute Gasteiger partial charge is 0.306 e. The van der Waals surface area contributed by atoms with Gasteiger partial charge in [0.05, 0.1) is 27.7 Å². The highest BCUT2D eigenvalue weighted by Gasteiger charge is 2.22. The largest absolute Gasteiger partial charge is 0.756 e. The average molecular weight is 1170 g/mol. The molecule has 2 unspecified atom stereocenters. The zero-order valence-corrected chi connectivity index (χ0v) is 54.8. The monoisotopic (exact) mass is 1170 g/mol. The van der Waals surface area contributed by atoms with Crippen molar-refractivity contribution in [3.05, 3.63) is 97.2 Å². The molecule has 0 aliphatic carbocycles. The summed E-state index contributed by atoms with van der Waals surface area (Å²) in [6.07, 6.45) is 86.3. The van der Waals surface area contributed by atoms with Crippen LogP contribution in [0, 0.1) is 0 Å². The van der Waals surface area contributed by atoms with Crippen molar-refractivity contribution < 1.29 is 42.1 Å². The molecule has 0 radical (unpaired) electrons. The Hall–Kier alpha value is -3.07. The first-order valence-electron chi connectivity index (χ1n) is 33.9. The van der Waals surface area contributed by atoms with Crippen molar-refractivity contribution in [3.63, 3.8) is 0 Å². The van der Waals surface area contributed by atoms with Crippen LogP contribution in [-0.2, 0) is 32.7 Å². The van der Waals surface area contributed by atoms with E-state index in [9.17, 15) is 19.0 Å². The molecule has 2 atom stereocenters. The van der Waals surface area contributed by atoms with E-state index in [0.717, 1.165) is 103 Å². The van der Waals surface area contributed by atoms with E-state index in [-0.39, 0.29) is 32.0 Å². The molecule has 0 N–H and O–H groups in total. The van der Waals surface area contributed by atoms with Crippen molar-refractivity contribution in [1.29, 1.82) is 0 Å². The van der Waals surface area contributed by atoms with Crippen LogP contribution in [0.3, 0.4) is 0 Å². The fourth-order valence-corrected chi connectivity index (χ4v) is 10.1. The molecule has 82 heavy (non-hydrogen) atoms. The lowest BCUT2D eigenvalue weighted by atomic mass is 10.0. The van der Waals surface area contributed by atoms with Crippen LogP contribution in [-0.4, -0.2) is 70.0 Å². The van der Waals surface area contributed by atoms with Crippen LogP contribution in [0.2, 0.25) is 0 Å². The number of esters is 2. The van der Waals surface area contributed by atoms with E-state index >= 15 is 0 Å². The maximum absolute atomic E-state index is 12.8. The lowest BCUT2D eigenvalue weighted by Gasteiger charge is -2.28. The van der Waals surface area contributed by atoms with E-state index in [2.05, 4.69) is 111 Å². The van der Waals surface area contributed by atoms with Crippen LogP contribution in [0.1, 0.15) is 296 Å². The number of phosphoric ester groups is 1. The minimum atomic E-state index is -4.65. The molecule has 0 aromatic rings. The second kappa shape index (κ2) is 62.5. The Balaban J connectivity index is 4.06. The summed E-state index contributed by atoms with van der Waals surface area (Å²) >= 11 is 0. The van der Waals surface area contributed by atoms with Crippen LogP contribution in [0.15, 0.2) is 97.2 Å². The minimum Gasteiger partial charge on any atom is -0.756 e. The molecular weight excluding hydrogens is 1040 g/mol. The van der Waals surface area contributed by atoms with Crippen molar-refractivity contribution >= 4 is 19.8 Å². The summed E-state index contributed by atoms with van der Waals surface area (Å²) < 4.78 is 34.3. The number of rotatable bonds is 62. The number of unbranched alkanes of at least 4 members (excludes halogenated alkanes) is 32. The second-order valence-corrected chi connectivity index (χ2v) is 25.2. The fraction of sp³-hybridized carbons (Fsp3) is 0.750. The molecule has 0 aliphatic rings. The van der Waals surface area contributed by atoms with E-state index in [1.54, 1.807) is 0 Å². The van der Waals surface area contributed by atoms with Gasteiger partial charge in [-0.3, -0.25) is 14.2 Å². The lowest BCUT2D eigenvalue weighted by molar-refractivity contribution is -0.870. The Kier molecular flexibility index (Phi) is 60.1. The average Bonchev–Trinajstić information content (AvgIpc) is 3.46. The van der Waals surface area contributed by atoms with Gasteiger partial charge in [-0.25, -0.2) is 0 Å². The molecule has 474 valence electrons. The third-order valence-corrected chi connectivity index (χ3v) is 15.6. The van der Waals surface area contributed by atoms with Gasteiger partial charge in [-0.05, 0) is 96.3 Å². The van der Waals surface area contributed by atoms with Gasteiger partial charge < -0.3 is 27.9 Å². The molecule has 0 rings (SSSR count). The molecule has 0 aromatic carbocycles. The van der Waals surface area contributed by atoms with Crippen LogP contribution < -0.4 is 4.89 Å². The summed E-state index contributed by atoms with van der Waals surface area (Å²) in [4.78, 5) is 38.0. The number of phosphoric acid groups is 1. The lowest BCUT2D eigenvalue weighted by Crippen LogP contribution is -2.37. The summed E-state index contributed by atoms with van der Waals surface area (Å²) in [5.74, 6) is -0.845. The molecule has 0 saturated carbocycles. The normalized spacial score (nSPS) is 13.8. The first kappa shape index (κ1) is 78.9. The van der Waals surface area contributed by atoms with Gasteiger partial charge in [0, 0.05) is 12.8 Å². The van der Waals surface area contributed by atoms with Gasteiger partial charge in [-0.1, -0.05) is 284 Å². The van der Waals surface area contributed by atoms with E-state index in [1.807, 2.05) is 21.1 Å². The van der Waals surface area contributed by atoms with Crippen molar-refractivity contribution in [3.8, 4) is 0 Å². The molecule has 10 heteroatoms. The van der Waals surface area contributed by atoms with E-state index in [4.69, 9.17) is 18.5 Å². The number of nitrogens with zero attached hydrogens (tertiary/aromatic N) is 1. The van der Waals surface area contributed by atoms with Crippen LogP contribution >= 0.6 is 7.82 Å². The number of hydrogen-bond acceptors (Lipinski definition) is 8. The number of allylic oxidation sites excluding steroid dienone is 16. The van der Waals surface area contributed by atoms with Crippen molar-refractivity contribution in [2.45, 2.75) is 302 Å². The predicted molar refractivity (Wildman–Crippen MR) is 351 cm³/mol. The highest BCUT2D eigenvalue weighted by atomic mass is 31.2. The topological polar surface area (TPSA) is 111 Å². The molecular formula is C72H128NO8P. The number of likely N-dealkylation sites (N-methyl/N-ethyl adjacent to an activating group) is 1. The maximum atomic E-state index is 12.8. The van der Waals surface area contributed by atoms with Gasteiger partial charge in [0.2, 0.25) is 0 Å². The number of quaternary nitrogens is 1. The number of ether oxygens (including phenoxy) is 2. The highest BCUT2D eigenvalue weighted by Crippen LogP contribution is 2.38. The summed E-state index contributed by atoms with van der Waals surface area (Å²) in [5.41, 5.74) is 0.